The predicted molar refractivity (Wildman–Crippen MR) is 67.5 cm³/mol. The topological polar surface area (TPSA) is 169 Å². The Bertz CT molecular complexity index is 353. The lowest BCUT2D eigenvalue weighted by Gasteiger charge is -2.39. The van der Waals surface area contributed by atoms with Crippen molar-refractivity contribution in [3.05, 3.63) is 0 Å². The lowest BCUT2D eigenvalue weighted by molar-refractivity contribution is -0.306. The fourth-order valence-corrected chi connectivity index (χ4v) is 2.51. The molecule has 10 heteroatoms. The highest BCUT2D eigenvalue weighted by molar-refractivity contribution is 4.92. The first-order valence-electron chi connectivity index (χ1n) is 6.95. The number of hydrogen-bond acceptors (Lipinski definition) is 10. The molecule has 2 saturated heterocycles. The minimum atomic E-state index is -1.57. The Balaban J connectivity index is 1.91. The summed E-state index contributed by atoms with van der Waals surface area (Å²) in [7, 11) is 0. The van der Waals surface area contributed by atoms with Crippen LogP contribution in [0.1, 0.15) is 0 Å². The van der Waals surface area contributed by atoms with Gasteiger partial charge in [-0.25, -0.2) is 0 Å². The van der Waals surface area contributed by atoms with Gasteiger partial charge in [0.15, 0.2) is 6.29 Å². The van der Waals surface area contributed by atoms with E-state index in [0.29, 0.717) is 0 Å². The molecule has 2 heterocycles. The monoisotopic (exact) mass is 326 g/mol. The molecule has 0 amide bonds. The molecule has 10 nitrogen and oxygen atoms in total. The van der Waals surface area contributed by atoms with Crippen LogP contribution in [0.25, 0.3) is 0 Å². The zero-order valence-electron chi connectivity index (χ0n) is 11.7. The molecular weight excluding hydrogens is 304 g/mol. The van der Waals surface area contributed by atoms with E-state index in [1.165, 1.54) is 0 Å². The Morgan fingerprint density at radius 1 is 0.636 bits per heavy atom. The summed E-state index contributed by atoms with van der Waals surface area (Å²) in [5, 5.41) is 66.4. The van der Waals surface area contributed by atoms with E-state index < -0.39 is 68.3 Å². The van der Waals surface area contributed by atoms with E-state index in [1.807, 2.05) is 0 Å². The normalized spacial score (nSPS) is 49.5. The smallest absolute Gasteiger partial charge is 0.186 e. The van der Waals surface area contributed by atoms with Gasteiger partial charge in [-0.15, -0.1) is 0 Å². The summed E-state index contributed by atoms with van der Waals surface area (Å²) in [5.41, 5.74) is 0. The number of hydrogen-bond donors (Lipinski definition) is 7. The first kappa shape index (κ1) is 17.9. The Morgan fingerprint density at radius 3 is 1.68 bits per heavy atom. The van der Waals surface area contributed by atoms with Gasteiger partial charge in [0.1, 0.15) is 48.8 Å². The van der Waals surface area contributed by atoms with Crippen molar-refractivity contribution in [2.45, 2.75) is 55.1 Å². The molecule has 2 aliphatic heterocycles. The highest BCUT2D eigenvalue weighted by Crippen LogP contribution is 2.25. The van der Waals surface area contributed by atoms with Crippen molar-refractivity contribution in [3.8, 4) is 0 Å². The molecule has 0 spiro atoms. The number of aliphatic hydroxyl groups is 7. The average molecular weight is 326 g/mol. The third-order valence-electron chi connectivity index (χ3n) is 3.91. The summed E-state index contributed by atoms with van der Waals surface area (Å²) in [6.45, 7) is -1.36. The molecule has 0 unspecified atom stereocenters. The maximum absolute atomic E-state index is 9.78. The van der Waals surface area contributed by atoms with E-state index in [4.69, 9.17) is 24.4 Å². The molecule has 0 saturated carbocycles. The van der Waals surface area contributed by atoms with Crippen LogP contribution >= 0.6 is 0 Å². The first-order valence-corrected chi connectivity index (χ1v) is 6.95. The van der Waals surface area contributed by atoms with Gasteiger partial charge in [0.05, 0.1) is 19.8 Å². The van der Waals surface area contributed by atoms with Crippen LogP contribution in [-0.2, 0) is 14.2 Å². The van der Waals surface area contributed by atoms with Gasteiger partial charge in [-0.2, -0.15) is 0 Å². The zero-order valence-corrected chi connectivity index (χ0v) is 11.7. The standard InChI is InChI=1S/C12H22O10/c13-1-4-7(15)9(17)6(21-4)3-20-12-11(19)10(18)8(16)5(2-14)22-12/h4-19H,1-3H2/t4-,5-,6-,7-,8-,9-,10+,11-,12+/m1/s1. The molecule has 0 aromatic rings. The van der Waals surface area contributed by atoms with Gasteiger partial charge >= 0.3 is 0 Å². The van der Waals surface area contributed by atoms with E-state index in [-0.39, 0.29) is 6.61 Å². The SMILES string of the molecule is OC[C@H]1O[C@H](OC[C@H]2O[C@H](CO)[C@@H](O)[C@@H]2O)[C@H](O)[C@@H](O)[C@@H]1O. The van der Waals surface area contributed by atoms with E-state index in [0.717, 1.165) is 0 Å². The second-order valence-electron chi connectivity index (χ2n) is 5.41. The number of rotatable bonds is 5. The minimum Gasteiger partial charge on any atom is -0.394 e. The molecule has 0 radical (unpaired) electrons. The van der Waals surface area contributed by atoms with Gasteiger partial charge in [-0.3, -0.25) is 0 Å². The quantitative estimate of drug-likeness (QED) is 0.260. The maximum Gasteiger partial charge on any atom is 0.186 e. The van der Waals surface area contributed by atoms with Gasteiger partial charge in [-0.1, -0.05) is 0 Å². The van der Waals surface area contributed by atoms with Crippen LogP contribution in [0.5, 0.6) is 0 Å². The molecule has 2 aliphatic rings. The largest absolute Gasteiger partial charge is 0.394 e. The van der Waals surface area contributed by atoms with Crippen molar-refractivity contribution < 1.29 is 50.0 Å². The highest BCUT2D eigenvalue weighted by Gasteiger charge is 2.46. The minimum absolute atomic E-state index is 0.294. The van der Waals surface area contributed by atoms with E-state index >= 15 is 0 Å². The molecule has 130 valence electrons. The first-order chi connectivity index (χ1) is 10.4. The Kier molecular flexibility index (Phi) is 6.07. The average Bonchev–Trinajstić information content (AvgIpc) is 2.79. The van der Waals surface area contributed by atoms with Gasteiger partial charge in [-0.05, 0) is 0 Å². The number of aliphatic hydroxyl groups excluding tert-OH is 7. The molecule has 7 N–H and O–H groups in total. The molecule has 0 aromatic heterocycles. The van der Waals surface area contributed by atoms with Crippen LogP contribution in [0.15, 0.2) is 0 Å². The summed E-state index contributed by atoms with van der Waals surface area (Å²) < 4.78 is 15.5. The van der Waals surface area contributed by atoms with Crippen molar-refractivity contribution in [3.63, 3.8) is 0 Å². The molecule has 9 atom stereocenters. The van der Waals surface area contributed by atoms with Crippen molar-refractivity contribution >= 4 is 0 Å². The fraction of sp³-hybridized carbons (Fsp3) is 1.00. The lowest BCUT2D eigenvalue weighted by Crippen LogP contribution is -2.59. The van der Waals surface area contributed by atoms with Crippen LogP contribution in [-0.4, -0.2) is 111 Å². The molecule has 2 rings (SSSR count). The van der Waals surface area contributed by atoms with Gasteiger partial charge in [0, 0.05) is 0 Å². The second kappa shape index (κ2) is 7.45. The van der Waals surface area contributed by atoms with Gasteiger partial charge in [0.2, 0.25) is 0 Å². The highest BCUT2D eigenvalue weighted by atomic mass is 16.7. The molecule has 0 bridgehead atoms. The van der Waals surface area contributed by atoms with Gasteiger partial charge < -0.3 is 50.0 Å². The summed E-state index contributed by atoms with van der Waals surface area (Å²) in [6, 6.07) is 0. The van der Waals surface area contributed by atoms with Crippen molar-refractivity contribution in [1.29, 1.82) is 0 Å². The van der Waals surface area contributed by atoms with Crippen LogP contribution in [0.2, 0.25) is 0 Å². The number of ether oxygens (including phenoxy) is 3. The lowest BCUT2D eigenvalue weighted by atomic mass is 9.99. The van der Waals surface area contributed by atoms with Crippen molar-refractivity contribution in [2.24, 2.45) is 0 Å². The van der Waals surface area contributed by atoms with E-state index in [2.05, 4.69) is 0 Å². The Labute approximate surface area is 126 Å². The predicted octanol–water partition coefficient (Wildman–Crippen LogP) is -4.72. The molecular formula is C12H22O10. The summed E-state index contributed by atoms with van der Waals surface area (Å²) in [4.78, 5) is 0. The Hall–Kier alpha value is -0.400. The van der Waals surface area contributed by atoms with Crippen LogP contribution in [0.3, 0.4) is 0 Å². The third kappa shape index (κ3) is 3.41. The van der Waals surface area contributed by atoms with E-state index in [9.17, 15) is 25.5 Å². The Morgan fingerprint density at radius 2 is 1.14 bits per heavy atom. The van der Waals surface area contributed by atoms with Crippen molar-refractivity contribution in [1.82, 2.24) is 0 Å². The molecule has 0 aromatic carbocycles. The summed E-state index contributed by atoms with van der Waals surface area (Å²) >= 11 is 0. The van der Waals surface area contributed by atoms with Crippen LogP contribution < -0.4 is 0 Å². The summed E-state index contributed by atoms with van der Waals surface area (Å²) in [6.07, 6.45) is -11.5. The van der Waals surface area contributed by atoms with E-state index in [1.54, 1.807) is 0 Å². The summed E-state index contributed by atoms with van der Waals surface area (Å²) in [5.74, 6) is 0. The zero-order chi connectivity index (χ0) is 16.4. The molecule has 2 fully saturated rings. The third-order valence-corrected chi connectivity index (χ3v) is 3.91. The van der Waals surface area contributed by atoms with Crippen LogP contribution in [0.4, 0.5) is 0 Å². The second-order valence-corrected chi connectivity index (χ2v) is 5.41. The molecule has 22 heavy (non-hydrogen) atoms. The van der Waals surface area contributed by atoms with Gasteiger partial charge in [0.25, 0.3) is 0 Å². The van der Waals surface area contributed by atoms with Crippen LogP contribution in [0, 0.1) is 0 Å². The maximum atomic E-state index is 9.78. The fourth-order valence-electron chi connectivity index (χ4n) is 2.51. The van der Waals surface area contributed by atoms with Crippen molar-refractivity contribution in [2.75, 3.05) is 19.8 Å². The molecule has 0 aliphatic carbocycles.